The van der Waals surface area contributed by atoms with E-state index in [0.717, 1.165) is 25.9 Å². The topological polar surface area (TPSA) is 108 Å². The summed E-state index contributed by atoms with van der Waals surface area (Å²) in [7, 11) is 0. The summed E-state index contributed by atoms with van der Waals surface area (Å²) < 4.78 is 0. The van der Waals surface area contributed by atoms with Gasteiger partial charge in [0.05, 0.1) is 5.92 Å². The zero-order valence-electron chi connectivity index (χ0n) is 15.4. The van der Waals surface area contributed by atoms with Crippen molar-refractivity contribution in [2.75, 3.05) is 18.4 Å². The first-order chi connectivity index (χ1) is 13.0. The van der Waals surface area contributed by atoms with Crippen molar-refractivity contribution in [3.05, 3.63) is 29.8 Å². The minimum Gasteiger partial charge on any atom is -0.481 e. The molecule has 0 bridgehead atoms. The minimum atomic E-state index is -0.748. The molecule has 1 heterocycles. The van der Waals surface area contributed by atoms with Crippen molar-refractivity contribution in [2.45, 2.75) is 44.6 Å². The van der Waals surface area contributed by atoms with Crippen LogP contribution in [0.1, 0.15) is 48.9 Å². The molecule has 0 aromatic heterocycles. The zero-order valence-corrected chi connectivity index (χ0v) is 15.4. The number of amides is 2. The normalized spacial score (nSPS) is 23.4. The fraction of sp³-hybridized carbons (Fsp3) is 0.550. The lowest BCUT2D eigenvalue weighted by Gasteiger charge is -2.26. The molecular formula is C20H27N3O4. The van der Waals surface area contributed by atoms with Crippen LogP contribution in [-0.2, 0) is 9.59 Å². The van der Waals surface area contributed by atoms with Gasteiger partial charge in [0.15, 0.2) is 0 Å². The lowest BCUT2D eigenvalue weighted by molar-refractivity contribution is -0.142. The molecule has 7 heteroatoms. The van der Waals surface area contributed by atoms with Crippen LogP contribution in [0.2, 0.25) is 0 Å². The summed E-state index contributed by atoms with van der Waals surface area (Å²) in [6.45, 7) is 1.73. The second kappa shape index (κ2) is 8.99. The number of aliphatic carboxylic acids is 1. The molecule has 2 aliphatic rings. The first-order valence-electron chi connectivity index (χ1n) is 9.68. The molecule has 1 saturated heterocycles. The van der Waals surface area contributed by atoms with E-state index in [0.29, 0.717) is 36.9 Å². The number of benzene rings is 1. The molecule has 7 nitrogen and oxygen atoms in total. The van der Waals surface area contributed by atoms with Gasteiger partial charge in [0.25, 0.3) is 5.91 Å². The van der Waals surface area contributed by atoms with Gasteiger partial charge in [0.1, 0.15) is 0 Å². The van der Waals surface area contributed by atoms with Gasteiger partial charge in [-0.1, -0.05) is 0 Å². The van der Waals surface area contributed by atoms with Crippen LogP contribution < -0.4 is 16.0 Å². The van der Waals surface area contributed by atoms with E-state index in [1.165, 1.54) is 0 Å². The largest absolute Gasteiger partial charge is 0.481 e. The Balaban J connectivity index is 1.48. The summed E-state index contributed by atoms with van der Waals surface area (Å²) in [4.78, 5) is 35.6. The van der Waals surface area contributed by atoms with Crippen LogP contribution in [0.3, 0.4) is 0 Å². The number of anilines is 1. The Morgan fingerprint density at radius 1 is 0.889 bits per heavy atom. The molecule has 1 saturated carbocycles. The Morgan fingerprint density at radius 2 is 1.52 bits per heavy atom. The Morgan fingerprint density at radius 3 is 2.11 bits per heavy atom. The highest BCUT2D eigenvalue weighted by atomic mass is 16.4. The van der Waals surface area contributed by atoms with E-state index < -0.39 is 5.97 Å². The summed E-state index contributed by atoms with van der Waals surface area (Å²) in [6.07, 6.45) is 4.26. The van der Waals surface area contributed by atoms with Crippen LogP contribution >= 0.6 is 0 Å². The van der Waals surface area contributed by atoms with Gasteiger partial charge in [-0.05, 0) is 75.9 Å². The number of hydrogen-bond acceptors (Lipinski definition) is 4. The number of carbonyl (C=O) groups is 3. The van der Waals surface area contributed by atoms with E-state index in [1.54, 1.807) is 24.3 Å². The SMILES string of the molecule is O=C(NC1CCC(C(=O)O)CC1)c1ccc(NC(=O)C2CCNCC2)cc1. The summed E-state index contributed by atoms with van der Waals surface area (Å²) in [5, 5.41) is 18.2. The van der Waals surface area contributed by atoms with Crippen molar-refractivity contribution in [3.8, 4) is 0 Å². The number of hydrogen-bond donors (Lipinski definition) is 4. The fourth-order valence-corrected chi connectivity index (χ4v) is 3.79. The number of piperidine rings is 1. The monoisotopic (exact) mass is 373 g/mol. The average molecular weight is 373 g/mol. The molecule has 1 aromatic carbocycles. The highest BCUT2D eigenvalue weighted by molar-refractivity contribution is 5.96. The molecule has 2 fully saturated rings. The number of carbonyl (C=O) groups excluding carboxylic acids is 2. The molecule has 4 N–H and O–H groups in total. The Kier molecular flexibility index (Phi) is 6.45. The number of rotatable bonds is 5. The smallest absolute Gasteiger partial charge is 0.306 e. The van der Waals surface area contributed by atoms with Gasteiger partial charge < -0.3 is 21.1 Å². The van der Waals surface area contributed by atoms with Crippen LogP contribution in [0.15, 0.2) is 24.3 Å². The van der Waals surface area contributed by atoms with Gasteiger partial charge in [0, 0.05) is 23.2 Å². The van der Waals surface area contributed by atoms with Crippen molar-refractivity contribution < 1.29 is 19.5 Å². The highest BCUT2D eigenvalue weighted by Crippen LogP contribution is 2.24. The maximum Gasteiger partial charge on any atom is 0.306 e. The summed E-state index contributed by atoms with van der Waals surface area (Å²) in [5.74, 6) is -1.13. The Bertz CT molecular complexity index is 675. The van der Waals surface area contributed by atoms with E-state index in [4.69, 9.17) is 5.11 Å². The fourth-order valence-electron chi connectivity index (χ4n) is 3.79. The number of nitrogens with one attached hydrogen (secondary N) is 3. The van der Waals surface area contributed by atoms with Gasteiger partial charge in [0.2, 0.25) is 5.91 Å². The molecule has 1 aliphatic heterocycles. The predicted molar refractivity (Wildman–Crippen MR) is 102 cm³/mol. The third-order valence-corrected chi connectivity index (χ3v) is 5.54. The molecule has 3 rings (SSSR count). The first kappa shape index (κ1) is 19.4. The van der Waals surface area contributed by atoms with Crippen LogP contribution in [0, 0.1) is 11.8 Å². The standard InChI is InChI=1S/C20H27N3O4/c24-18(22-17-7-3-15(4-8-17)20(26)27)13-1-5-16(6-2-13)23-19(25)14-9-11-21-12-10-14/h1-2,5-6,14-15,17,21H,3-4,7-12H2,(H,22,24)(H,23,25)(H,26,27). The molecule has 146 valence electrons. The first-order valence-corrected chi connectivity index (χ1v) is 9.68. The summed E-state index contributed by atoms with van der Waals surface area (Å²) in [5.41, 5.74) is 1.23. The molecular weight excluding hydrogens is 346 g/mol. The number of carboxylic acid groups (broad SMARTS) is 1. The summed E-state index contributed by atoms with van der Waals surface area (Å²) >= 11 is 0. The van der Waals surface area contributed by atoms with Crippen LogP contribution in [-0.4, -0.2) is 42.0 Å². The van der Waals surface area contributed by atoms with Crippen molar-refractivity contribution >= 4 is 23.5 Å². The maximum absolute atomic E-state index is 12.4. The van der Waals surface area contributed by atoms with Crippen molar-refractivity contribution in [2.24, 2.45) is 11.8 Å². The quantitative estimate of drug-likeness (QED) is 0.631. The van der Waals surface area contributed by atoms with Gasteiger partial charge in [-0.3, -0.25) is 14.4 Å². The highest BCUT2D eigenvalue weighted by Gasteiger charge is 2.27. The minimum absolute atomic E-state index is 0.0207. The van der Waals surface area contributed by atoms with E-state index in [-0.39, 0.29) is 29.7 Å². The zero-order chi connectivity index (χ0) is 19.2. The van der Waals surface area contributed by atoms with Crippen LogP contribution in [0.5, 0.6) is 0 Å². The lowest BCUT2D eigenvalue weighted by Crippen LogP contribution is -2.38. The van der Waals surface area contributed by atoms with Crippen molar-refractivity contribution in [1.82, 2.24) is 10.6 Å². The van der Waals surface area contributed by atoms with E-state index in [9.17, 15) is 14.4 Å². The third kappa shape index (κ3) is 5.29. The van der Waals surface area contributed by atoms with Crippen molar-refractivity contribution in [3.63, 3.8) is 0 Å². The molecule has 0 unspecified atom stereocenters. The van der Waals surface area contributed by atoms with Crippen molar-refractivity contribution in [1.29, 1.82) is 0 Å². The number of carboxylic acids is 1. The van der Waals surface area contributed by atoms with Crippen LogP contribution in [0.4, 0.5) is 5.69 Å². The van der Waals surface area contributed by atoms with Gasteiger partial charge in [-0.25, -0.2) is 0 Å². The predicted octanol–water partition coefficient (Wildman–Crippen LogP) is 2.00. The third-order valence-electron chi connectivity index (χ3n) is 5.54. The lowest BCUT2D eigenvalue weighted by atomic mass is 9.86. The van der Waals surface area contributed by atoms with Gasteiger partial charge in [-0.15, -0.1) is 0 Å². The van der Waals surface area contributed by atoms with E-state index in [1.807, 2.05) is 0 Å². The maximum atomic E-state index is 12.4. The second-order valence-corrected chi connectivity index (χ2v) is 7.45. The molecule has 0 radical (unpaired) electrons. The molecule has 1 aliphatic carbocycles. The van der Waals surface area contributed by atoms with Gasteiger partial charge in [-0.2, -0.15) is 0 Å². The van der Waals surface area contributed by atoms with Gasteiger partial charge >= 0.3 is 5.97 Å². The Labute approximate surface area is 158 Å². The van der Waals surface area contributed by atoms with Crippen LogP contribution in [0.25, 0.3) is 0 Å². The molecule has 0 spiro atoms. The molecule has 1 aromatic rings. The molecule has 2 amide bonds. The van der Waals surface area contributed by atoms with E-state index >= 15 is 0 Å². The summed E-state index contributed by atoms with van der Waals surface area (Å²) in [6, 6.07) is 6.92. The molecule has 27 heavy (non-hydrogen) atoms. The Hall–Kier alpha value is -2.41. The second-order valence-electron chi connectivity index (χ2n) is 7.45. The average Bonchev–Trinajstić information content (AvgIpc) is 2.69. The van der Waals surface area contributed by atoms with E-state index in [2.05, 4.69) is 16.0 Å². The molecule has 0 atom stereocenters.